The van der Waals surface area contributed by atoms with Crippen molar-refractivity contribution >= 4 is 11.8 Å². The maximum atomic E-state index is 13.2. The molecule has 200 valence electrons. The fourth-order valence-corrected chi connectivity index (χ4v) is 5.05. The van der Waals surface area contributed by atoms with E-state index < -0.39 is 22.8 Å². The van der Waals surface area contributed by atoms with E-state index in [1.165, 1.54) is 16.7 Å². The molecule has 1 aromatic heterocycles. The smallest absolute Gasteiger partial charge is 0.296 e. The second-order valence-corrected chi connectivity index (χ2v) is 10.4. The van der Waals surface area contributed by atoms with E-state index in [1.807, 2.05) is 19.0 Å². The van der Waals surface area contributed by atoms with Crippen LogP contribution in [0.1, 0.15) is 47.6 Å². The number of aromatic hydroxyl groups is 1. The molecule has 0 saturated heterocycles. The zero-order valence-corrected chi connectivity index (χ0v) is 21.6. The van der Waals surface area contributed by atoms with Crippen LogP contribution in [-0.2, 0) is 23.4 Å². The number of carbonyl (C=O) groups excluding carboxylic acids is 2. The van der Waals surface area contributed by atoms with Crippen LogP contribution in [0.3, 0.4) is 0 Å². The number of rotatable bonds is 9. The Labute approximate surface area is 215 Å². The van der Waals surface area contributed by atoms with Crippen molar-refractivity contribution in [3.8, 4) is 5.75 Å². The van der Waals surface area contributed by atoms with E-state index in [4.69, 9.17) is 0 Å². The third kappa shape index (κ3) is 5.83. The van der Waals surface area contributed by atoms with Gasteiger partial charge >= 0.3 is 0 Å². The van der Waals surface area contributed by atoms with Crippen LogP contribution < -0.4 is 16.2 Å². The topological polar surface area (TPSA) is 120 Å². The number of benzene rings is 1. The molecule has 10 nitrogen and oxygen atoms in total. The summed E-state index contributed by atoms with van der Waals surface area (Å²) in [7, 11) is 5.65. The Morgan fingerprint density at radius 2 is 1.84 bits per heavy atom. The predicted molar refractivity (Wildman–Crippen MR) is 136 cm³/mol. The Morgan fingerprint density at radius 3 is 2.49 bits per heavy atom. The third-order valence-electron chi connectivity index (χ3n) is 7.44. The molecule has 2 aliphatic heterocycles. The van der Waals surface area contributed by atoms with Crippen molar-refractivity contribution in [2.45, 2.75) is 44.3 Å². The molecule has 0 atom stereocenters. The molecule has 0 spiro atoms. The number of nitrogens with one attached hydrogen (secondary N) is 2. The molecule has 0 radical (unpaired) electrons. The van der Waals surface area contributed by atoms with E-state index in [2.05, 4.69) is 15.6 Å². The fraction of sp³-hybridized carbons (Fsp3) is 0.538. The van der Waals surface area contributed by atoms with Gasteiger partial charge < -0.3 is 20.2 Å². The molecular formula is C26H35FN6O4. The van der Waals surface area contributed by atoms with Crippen LogP contribution in [0.5, 0.6) is 5.75 Å². The van der Waals surface area contributed by atoms with Gasteiger partial charge in [-0.3, -0.25) is 24.3 Å². The monoisotopic (exact) mass is 514 g/mol. The largest absolute Gasteiger partial charge is 0.501 e. The first-order valence-electron chi connectivity index (χ1n) is 12.6. The van der Waals surface area contributed by atoms with Crippen LogP contribution in [0.15, 0.2) is 29.1 Å². The lowest BCUT2D eigenvalue weighted by Crippen LogP contribution is -2.51. The first kappa shape index (κ1) is 26.7. The van der Waals surface area contributed by atoms with Crippen LogP contribution in [0.25, 0.3) is 0 Å². The highest BCUT2D eigenvalue weighted by atomic mass is 19.1. The summed E-state index contributed by atoms with van der Waals surface area (Å²) in [5.41, 5.74) is -1.11. The van der Waals surface area contributed by atoms with E-state index in [9.17, 15) is 23.9 Å². The van der Waals surface area contributed by atoms with Crippen LogP contribution in [0, 0.1) is 11.7 Å². The molecule has 3 N–H and O–H groups in total. The van der Waals surface area contributed by atoms with Gasteiger partial charge in [-0.15, -0.1) is 0 Å². The third-order valence-corrected chi connectivity index (χ3v) is 7.44. The number of amides is 2. The van der Waals surface area contributed by atoms with Crippen molar-refractivity contribution in [3.05, 3.63) is 57.5 Å². The molecule has 11 heteroatoms. The molecule has 37 heavy (non-hydrogen) atoms. The minimum atomic E-state index is -0.760. The summed E-state index contributed by atoms with van der Waals surface area (Å²) in [5.74, 6) is -1.22. The van der Waals surface area contributed by atoms with Crippen molar-refractivity contribution in [2.75, 3.05) is 40.8 Å². The van der Waals surface area contributed by atoms with Gasteiger partial charge in [0.2, 0.25) is 11.7 Å². The highest BCUT2D eigenvalue weighted by Crippen LogP contribution is 2.42. The maximum Gasteiger partial charge on any atom is 0.296 e. The Balaban J connectivity index is 1.58. The summed E-state index contributed by atoms with van der Waals surface area (Å²) in [5, 5.41) is 16.7. The summed E-state index contributed by atoms with van der Waals surface area (Å²) < 4.78 is 14.6. The Morgan fingerprint density at radius 1 is 1.16 bits per heavy atom. The Hall–Kier alpha value is -3.31. The minimum absolute atomic E-state index is 0.0669. The molecule has 0 unspecified atom stereocenters. The van der Waals surface area contributed by atoms with E-state index in [0.717, 1.165) is 19.4 Å². The SMILES string of the molecule is CN(C)CCN(C)C(=O)CNC12CCC(CC1)Cn1c2nc(C(=O)NCc2ccc(F)cc2)c(O)c1=O. The van der Waals surface area contributed by atoms with Crippen molar-refractivity contribution in [1.29, 1.82) is 0 Å². The molecule has 3 heterocycles. The van der Waals surface area contributed by atoms with Crippen LogP contribution in [0.2, 0.25) is 0 Å². The van der Waals surface area contributed by atoms with Crippen molar-refractivity contribution < 1.29 is 19.1 Å². The number of likely N-dealkylation sites (N-methyl/N-ethyl adjacent to an activating group) is 2. The lowest BCUT2D eigenvalue weighted by atomic mass is 9.77. The number of fused-ring (bicyclic) bond motifs is 2. The zero-order valence-electron chi connectivity index (χ0n) is 21.6. The van der Waals surface area contributed by atoms with Gasteiger partial charge in [-0.2, -0.15) is 0 Å². The maximum absolute atomic E-state index is 13.2. The average Bonchev–Trinajstić information content (AvgIpc) is 3.14. The van der Waals surface area contributed by atoms with Gasteiger partial charge in [0.05, 0.1) is 12.1 Å². The lowest BCUT2D eigenvalue weighted by molar-refractivity contribution is -0.129. The van der Waals surface area contributed by atoms with Crippen LogP contribution in [-0.4, -0.2) is 77.0 Å². The normalized spacial score (nSPS) is 20.4. The number of aromatic nitrogens is 2. The predicted octanol–water partition coefficient (Wildman–Crippen LogP) is 1.03. The lowest BCUT2D eigenvalue weighted by Gasteiger charge is -2.37. The van der Waals surface area contributed by atoms with Gasteiger partial charge in [0.25, 0.3) is 11.5 Å². The van der Waals surface area contributed by atoms with Gasteiger partial charge in [0, 0.05) is 33.2 Å². The summed E-state index contributed by atoms with van der Waals surface area (Å²) in [4.78, 5) is 47.2. The standard InChI is InChI=1S/C26H35FN6O4/c1-31(2)12-13-32(3)20(34)15-29-26-10-8-18(9-11-26)16-33-24(37)22(35)21(30-25(26)33)23(36)28-14-17-4-6-19(27)7-5-17/h4-7,18,29,35H,8-16H2,1-3H3,(H,28,36). The first-order chi connectivity index (χ1) is 17.6. The quantitative estimate of drug-likeness (QED) is 0.457. The van der Waals surface area contributed by atoms with Crippen molar-refractivity contribution in [2.24, 2.45) is 5.92 Å². The second-order valence-electron chi connectivity index (χ2n) is 10.4. The van der Waals surface area contributed by atoms with E-state index in [1.54, 1.807) is 24.1 Å². The summed E-state index contributed by atoms with van der Waals surface area (Å²) in [6.07, 6.45) is 3.01. The first-order valence-corrected chi connectivity index (χ1v) is 12.6. The van der Waals surface area contributed by atoms with E-state index >= 15 is 0 Å². The molecule has 2 amide bonds. The zero-order chi connectivity index (χ0) is 26.7. The van der Waals surface area contributed by atoms with Crippen LogP contribution in [0.4, 0.5) is 4.39 Å². The minimum Gasteiger partial charge on any atom is -0.501 e. The van der Waals surface area contributed by atoms with Gasteiger partial charge in [0.1, 0.15) is 11.6 Å². The highest BCUT2D eigenvalue weighted by molar-refractivity contribution is 5.94. The molecule has 2 bridgehead atoms. The van der Waals surface area contributed by atoms with Crippen molar-refractivity contribution in [3.63, 3.8) is 0 Å². The number of nitrogens with zero attached hydrogens (tertiary/aromatic N) is 4. The molecule has 3 aliphatic rings. The summed E-state index contributed by atoms with van der Waals surface area (Å²) in [6, 6.07) is 5.66. The average molecular weight is 515 g/mol. The fourth-order valence-electron chi connectivity index (χ4n) is 5.05. The summed E-state index contributed by atoms with van der Waals surface area (Å²) >= 11 is 0. The van der Waals surface area contributed by atoms with Crippen molar-refractivity contribution in [1.82, 2.24) is 30.0 Å². The molecular weight excluding hydrogens is 479 g/mol. The molecule has 1 fully saturated rings. The number of hydrogen-bond acceptors (Lipinski definition) is 7. The van der Waals surface area contributed by atoms with Gasteiger partial charge in [-0.05, 0) is 63.4 Å². The van der Waals surface area contributed by atoms with E-state index in [0.29, 0.717) is 37.3 Å². The molecule has 2 aromatic rings. The molecule has 5 rings (SSSR count). The molecule has 1 aliphatic carbocycles. The Bertz CT molecular complexity index is 1200. The molecule has 1 saturated carbocycles. The number of halogens is 1. The summed E-state index contributed by atoms with van der Waals surface area (Å²) in [6.45, 7) is 1.88. The molecule has 1 aromatic carbocycles. The van der Waals surface area contributed by atoms with Gasteiger partial charge in [0.15, 0.2) is 5.69 Å². The Kier molecular flexibility index (Phi) is 7.93. The number of hydrogen-bond donors (Lipinski definition) is 3. The van der Waals surface area contributed by atoms with Crippen LogP contribution >= 0.6 is 0 Å². The second kappa shape index (κ2) is 11.0. The highest BCUT2D eigenvalue weighted by Gasteiger charge is 2.45. The number of carbonyl (C=O) groups is 2. The van der Waals surface area contributed by atoms with Gasteiger partial charge in [-0.1, -0.05) is 12.1 Å². The van der Waals surface area contributed by atoms with E-state index in [-0.39, 0.29) is 36.4 Å². The van der Waals surface area contributed by atoms with Gasteiger partial charge in [-0.25, -0.2) is 9.37 Å².